The number of fused-ring (bicyclic) bond motifs is 1. The van der Waals surface area contributed by atoms with E-state index in [1.165, 1.54) is 11.8 Å². The monoisotopic (exact) mass is 391 g/mol. The summed E-state index contributed by atoms with van der Waals surface area (Å²) in [5.74, 6) is -0.245. The highest BCUT2D eigenvalue weighted by atomic mass is 16.2. The largest absolute Gasteiger partial charge is 0.300 e. The molecule has 2 aromatic carbocycles. The molecule has 1 atom stereocenters. The van der Waals surface area contributed by atoms with Crippen LogP contribution in [0.15, 0.2) is 61.2 Å². The third-order valence-electron chi connectivity index (χ3n) is 4.93. The molecule has 0 N–H and O–H groups in total. The second-order valence-electron chi connectivity index (χ2n) is 6.88. The molecule has 0 spiro atoms. The molecule has 4 nitrogen and oxygen atoms in total. The Morgan fingerprint density at radius 2 is 1.52 bits per heavy atom. The molecule has 0 aliphatic carbocycles. The van der Waals surface area contributed by atoms with Crippen molar-refractivity contribution in [3.63, 3.8) is 0 Å². The van der Waals surface area contributed by atoms with Crippen molar-refractivity contribution >= 4 is 23.2 Å². The van der Waals surface area contributed by atoms with Gasteiger partial charge < -0.3 is 4.79 Å². The summed E-state index contributed by atoms with van der Waals surface area (Å²) >= 11 is 0. The number of ketones is 2. The standard InChI is InChI=1S/C23H23NO3.C2H6/c1-16(25)12-14-21(22(26)15-13-18-8-4-3-5-9-18)24-17(2)19-10-6-7-11-20(19)23(24)27;1-2/h3-11,21H,2,12-15H2,1H3;1-2H3. The van der Waals surface area contributed by atoms with Gasteiger partial charge in [0.2, 0.25) is 0 Å². The molecular formula is C25H29NO3. The molecule has 0 aromatic heterocycles. The second kappa shape index (κ2) is 10.5. The van der Waals surface area contributed by atoms with Crippen molar-refractivity contribution in [2.45, 2.75) is 52.5 Å². The first kappa shape index (κ1) is 22.3. The summed E-state index contributed by atoms with van der Waals surface area (Å²) in [4.78, 5) is 38.9. The van der Waals surface area contributed by atoms with Gasteiger partial charge in [-0.3, -0.25) is 14.5 Å². The highest BCUT2D eigenvalue weighted by Crippen LogP contribution is 2.34. The topological polar surface area (TPSA) is 54.5 Å². The van der Waals surface area contributed by atoms with Gasteiger partial charge in [0, 0.05) is 29.7 Å². The summed E-state index contributed by atoms with van der Waals surface area (Å²) in [5, 5.41) is 0. The van der Waals surface area contributed by atoms with Crippen molar-refractivity contribution in [2.75, 3.05) is 0 Å². The Balaban J connectivity index is 0.00000145. The number of carbonyl (C=O) groups excluding carboxylic acids is 3. The van der Waals surface area contributed by atoms with E-state index in [4.69, 9.17) is 0 Å². The molecule has 4 heteroatoms. The van der Waals surface area contributed by atoms with E-state index < -0.39 is 6.04 Å². The molecule has 0 fully saturated rings. The fourth-order valence-corrected chi connectivity index (χ4v) is 3.49. The van der Waals surface area contributed by atoms with Crippen LogP contribution in [0.25, 0.3) is 5.70 Å². The molecule has 1 amide bonds. The number of aryl methyl sites for hydroxylation is 1. The number of rotatable bonds is 8. The minimum absolute atomic E-state index is 0.00521. The molecule has 1 aliphatic heterocycles. The Labute approximate surface area is 173 Å². The minimum atomic E-state index is -0.662. The van der Waals surface area contributed by atoms with Gasteiger partial charge in [-0.05, 0) is 31.4 Å². The van der Waals surface area contributed by atoms with Crippen molar-refractivity contribution in [2.24, 2.45) is 0 Å². The average molecular weight is 392 g/mol. The zero-order chi connectivity index (χ0) is 21.4. The van der Waals surface area contributed by atoms with E-state index in [1.54, 1.807) is 12.1 Å². The van der Waals surface area contributed by atoms with Crippen molar-refractivity contribution in [3.8, 4) is 0 Å². The number of hydrogen-bond donors (Lipinski definition) is 0. The summed E-state index contributed by atoms with van der Waals surface area (Å²) in [7, 11) is 0. The number of Topliss-reactive ketones (excluding diaryl/α,β-unsaturated/α-hetero) is 2. The Morgan fingerprint density at radius 1 is 0.931 bits per heavy atom. The smallest absolute Gasteiger partial charge is 0.259 e. The lowest BCUT2D eigenvalue weighted by Gasteiger charge is -2.27. The number of hydrogen-bond acceptors (Lipinski definition) is 3. The van der Waals surface area contributed by atoms with Crippen molar-refractivity contribution in [3.05, 3.63) is 77.9 Å². The molecule has 152 valence electrons. The van der Waals surface area contributed by atoms with E-state index in [2.05, 4.69) is 6.58 Å². The van der Waals surface area contributed by atoms with Gasteiger partial charge in [-0.2, -0.15) is 0 Å². The van der Waals surface area contributed by atoms with Crippen LogP contribution in [0.5, 0.6) is 0 Å². The molecular weight excluding hydrogens is 362 g/mol. The van der Waals surface area contributed by atoms with Crippen LogP contribution < -0.4 is 0 Å². The van der Waals surface area contributed by atoms with Gasteiger partial charge in [0.05, 0.1) is 6.04 Å². The zero-order valence-electron chi connectivity index (χ0n) is 17.5. The normalized spacial score (nSPS) is 13.4. The van der Waals surface area contributed by atoms with Gasteiger partial charge in [0.1, 0.15) is 5.78 Å². The lowest BCUT2D eigenvalue weighted by Crippen LogP contribution is -2.41. The van der Waals surface area contributed by atoms with Gasteiger partial charge in [0.15, 0.2) is 5.78 Å². The van der Waals surface area contributed by atoms with Crippen molar-refractivity contribution < 1.29 is 14.4 Å². The summed E-state index contributed by atoms with van der Waals surface area (Å²) < 4.78 is 0. The Kier molecular flexibility index (Phi) is 8.08. The third kappa shape index (κ3) is 5.29. The van der Waals surface area contributed by atoms with Crippen LogP contribution in [0.4, 0.5) is 0 Å². The zero-order valence-corrected chi connectivity index (χ0v) is 17.5. The quantitative estimate of drug-likeness (QED) is 0.631. The molecule has 1 heterocycles. The summed E-state index contributed by atoms with van der Waals surface area (Å²) in [6.45, 7) is 9.54. The van der Waals surface area contributed by atoms with E-state index >= 15 is 0 Å². The van der Waals surface area contributed by atoms with Gasteiger partial charge in [0.25, 0.3) is 5.91 Å². The van der Waals surface area contributed by atoms with Gasteiger partial charge in [-0.15, -0.1) is 0 Å². The molecule has 2 aromatic rings. The lowest BCUT2D eigenvalue weighted by molar-refractivity contribution is -0.123. The Hall–Kier alpha value is -3.01. The summed E-state index contributed by atoms with van der Waals surface area (Å²) in [6, 6.07) is 16.4. The lowest BCUT2D eigenvalue weighted by atomic mass is 9.97. The van der Waals surface area contributed by atoms with Gasteiger partial charge in [-0.25, -0.2) is 0 Å². The van der Waals surface area contributed by atoms with Crippen LogP contribution in [0.3, 0.4) is 0 Å². The van der Waals surface area contributed by atoms with Crippen LogP contribution in [-0.4, -0.2) is 28.4 Å². The van der Waals surface area contributed by atoms with Crippen LogP contribution in [0.2, 0.25) is 0 Å². The number of nitrogens with zero attached hydrogens (tertiary/aromatic N) is 1. The maximum Gasteiger partial charge on any atom is 0.259 e. The Morgan fingerprint density at radius 3 is 2.10 bits per heavy atom. The first-order valence-electron chi connectivity index (χ1n) is 10.2. The second-order valence-corrected chi connectivity index (χ2v) is 6.88. The summed E-state index contributed by atoms with van der Waals surface area (Å²) in [6.07, 6.45) is 1.51. The minimum Gasteiger partial charge on any atom is -0.300 e. The molecule has 1 aliphatic rings. The van der Waals surface area contributed by atoms with E-state index in [0.717, 1.165) is 11.1 Å². The van der Waals surface area contributed by atoms with Crippen LogP contribution in [-0.2, 0) is 16.0 Å². The maximum absolute atomic E-state index is 13.0. The van der Waals surface area contributed by atoms with Gasteiger partial charge in [-0.1, -0.05) is 69.0 Å². The molecule has 0 saturated heterocycles. The molecule has 1 unspecified atom stereocenters. The fourth-order valence-electron chi connectivity index (χ4n) is 3.49. The molecule has 0 saturated carbocycles. The predicted molar refractivity (Wildman–Crippen MR) is 116 cm³/mol. The van der Waals surface area contributed by atoms with E-state index in [0.29, 0.717) is 30.5 Å². The van der Waals surface area contributed by atoms with Crippen LogP contribution in [0, 0.1) is 0 Å². The maximum atomic E-state index is 13.0. The SMILES string of the molecule is C=C1c2ccccc2C(=O)N1C(CCC(C)=O)C(=O)CCc1ccccc1.CC. The highest BCUT2D eigenvalue weighted by molar-refractivity contribution is 6.11. The number of amides is 1. The predicted octanol–water partition coefficient (Wildman–Crippen LogP) is 5.08. The summed E-state index contributed by atoms with van der Waals surface area (Å²) in [5.41, 5.74) is 2.93. The first-order chi connectivity index (χ1) is 14.0. The first-order valence-corrected chi connectivity index (χ1v) is 10.2. The van der Waals surface area contributed by atoms with Crippen LogP contribution in [0.1, 0.15) is 61.5 Å². The molecule has 0 radical (unpaired) electrons. The van der Waals surface area contributed by atoms with Crippen LogP contribution >= 0.6 is 0 Å². The van der Waals surface area contributed by atoms with E-state index in [1.807, 2.05) is 56.3 Å². The molecule has 3 rings (SSSR count). The number of carbonyl (C=O) groups is 3. The molecule has 0 bridgehead atoms. The fraction of sp³-hybridized carbons (Fsp3) is 0.320. The van der Waals surface area contributed by atoms with Gasteiger partial charge >= 0.3 is 0 Å². The molecule has 29 heavy (non-hydrogen) atoms. The Bertz CT molecular complexity index is 851. The van der Waals surface area contributed by atoms with Crippen molar-refractivity contribution in [1.82, 2.24) is 4.90 Å². The third-order valence-corrected chi connectivity index (χ3v) is 4.93. The van der Waals surface area contributed by atoms with E-state index in [-0.39, 0.29) is 23.9 Å². The highest BCUT2D eigenvalue weighted by Gasteiger charge is 2.38. The van der Waals surface area contributed by atoms with Crippen molar-refractivity contribution in [1.29, 1.82) is 0 Å². The van der Waals surface area contributed by atoms with E-state index in [9.17, 15) is 14.4 Å². The number of benzene rings is 2. The average Bonchev–Trinajstić information content (AvgIpc) is 3.00.